The van der Waals surface area contributed by atoms with Gasteiger partial charge in [-0.3, -0.25) is 10.1 Å². The number of carbonyl (C=O) groups excluding carboxylic acids is 1. The average Bonchev–Trinajstić information content (AvgIpc) is 3.38. The molecule has 1 amide bonds. The van der Waals surface area contributed by atoms with Crippen LogP contribution in [-0.4, -0.2) is 22.6 Å². The van der Waals surface area contributed by atoms with Gasteiger partial charge in [-0.2, -0.15) is 0 Å². The van der Waals surface area contributed by atoms with Crippen LogP contribution in [0.4, 0.5) is 10.3 Å². The van der Waals surface area contributed by atoms with Gasteiger partial charge in [-0.05, 0) is 52.0 Å². The van der Waals surface area contributed by atoms with Crippen LogP contribution in [0.2, 0.25) is 0 Å². The van der Waals surface area contributed by atoms with Crippen molar-refractivity contribution in [2.45, 2.75) is 71.6 Å². The maximum absolute atomic E-state index is 13.6. The number of anilines is 2. The standard InChI is InChI=1S/C33H40N4OS/c1-21(2)26-19-28(22(3)4)30(29(20-26)23(5)6)31(38)35-33-37-36-32(39-33)34-18-17-27(24-13-9-7-10-14-24)25-15-11-8-12-16-25/h7-16,19-23,27H,17-18H2,1-6H3,(H,34,36)(H,35,37,38). The second-order valence-corrected chi connectivity index (χ2v) is 12.0. The molecule has 0 atom stereocenters. The molecule has 0 aliphatic heterocycles. The molecular weight excluding hydrogens is 500 g/mol. The minimum atomic E-state index is -0.117. The van der Waals surface area contributed by atoms with E-state index in [9.17, 15) is 4.79 Å². The van der Waals surface area contributed by atoms with E-state index >= 15 is 0 Å². The molecule has 0 unspecified atom stereocenters. The summed E-state index contributed by atoms with van der Waals surface area (Å²) < 4.78 is 0. The number of nitrogens with one attached hydrogen (secondary N) is 2. The largest absolute Gasteiger partial charge is 0.360 e. The van der Waals surface area contributed by atoms with Gasteiger partial charge in [0.2, 0.25) is 10.3 Å². The van der Waals surface area contributed by atoms with Crippen LogP contribution in [-0.2, 0) is 0 Å². The third kappa shape index (κ3) is 7.12. The van der Waals surface area contributed by atoms with Gasteiger partial charge in [0.25, 0.3) is 5.91 Å². The lowest BCUT2D eigenvalue weighted by Gasteiger charge is -2.22. The van der Waals surface area contributed by atoms with Crippen LogP contribution in [0.25, 0.3) is 0 Å². The molecular formula is C33H40N4OS. The molecule has 39 heavy (non-hydrogen) atoms. The molecule has 4 rings (SSSR count). The summed E-state index contributed by atoms with van der Waals surface area (Å²) in [6.07, 6.45) is 0.910. The number of nitrogens with zero attached hydrogens (tertiary/aromatic N) is 2. The van der Waals surface area contributed by atoms with E-state index in [4.69, 9.17) is 0 Å². The van der Waals surface area contributed by atoms with E-state index < -0.39 is 0 Å². The highest BCUT2D eigenvalue weighted by atomic mass is 32.1. The molecule has 0 spiro atoms. The predicted molar refractivity (Wildman–Crippen MR) is 164 cm³/mol. The monoisotopic (exact) mass is 540 g/mol. The van der Waals surface area contributed by atoms with Gasteiger partial charge in [0, 0.05) is 18.0 Å². The third-order valence-electron chi connectivity index (χ3n) is 7.12. The lowest BCUT2D eigenvalue weighted by atomic mass is 9.84. The highest BCUT2D eigenvalue weighted by Crippen LogP contribution is 2.33. The van der Waals surface area contributed by atoms with Crippen LogP contribution in [0.3, 0.4) is 0 Å². The van der Waals surface area contributed by atoms with Crippen molar-refractivity contribution in [2.75, 3.05) is 17.2 Å². The van der Waals surface area contributed by atoms with E-state index in [0.29, 0.717) is 16.2 Å². The molecule has 0 aliphatic rings. The summed E-state index contributed by atoms with van der Waals surface area (Å²) in [6, 6.07) is 25.6. The van der Waals surface area contributed by atoms with E-state index in [-0.39, 0.29) is 23.7 Å². The fraction of sp³-hybridized carbons (Fsp3) is 0.364. The summed E-state index contributed by atoms with van der Waals surface area (Å²) in [5, 5.41) is 16.2. The summed E-state index contributed by atoms with van der Waals surface area (Å²) in [7, 11) is 0. The zero-order chi connectivity index (χ0) is 27.9. The third-order valence-corrected chi connectivity index (χ3v) is 7.91. The molecule has 4 aromatic rings. The van der Waals surface area contributed by atoms with Gasteiger partial charge in [-0.1, -0.05) is 126 Å². The fourth-order valence-corrected chi connectivity index (χ4v) is 5.61. The second kappa shape index (κ2) is 13.0. The van der Waals surface area contributed by atoms with Crippen LogP contribution in [0, 0.1) is 0 Å². The number of benzene rings is 3. The van der Waals surface area contributed by atoms with Gasteiger partial charge >= 0.3 is 0 Å². The quantitative estimate of drug-likeness (QED) is 0.199. The van der Waals surface area contributed by atoms with Gasteiger partial charge < -0.3 is 5.32 Å². The van der Waals surface area contributed by atoms with Gasteiger partial charge in [0.15, 0.2) is 0 Å². The zero-order valence-corrected chi connectivity index (χ0v) is 24.7. The molecule has 0 fully saturated rings. The van der Waals surface area contributed by atoms with Crippen molar-refractivity contribution in [3.8, 4) is 0 Å². The van der Waals surface area contributed by atoms with E-state index in [1.165, 1.54) is 28.0 Å². The molecule has 0 radical (unpaired) electrons. The lowest BCUT2D eigenvalue weighted by molar-refractivity contribution is 0.102. The van der Waals surface area contributed by atoms with Gasteiger partial charge in [0.05, 0.1) is 0 Å². The molecule has 1 aromatic heterocycles. The number of hydrogen-bond acceptors (Lipinski definition) is 5. The molecule has 0 saturated carbocycles. The van der Waals surface area contributed by atoms with Crippen LogP contribution in [0.1, 0.15) is 110 Å². The molecule has 2 N–H and O–H groups in total. The van der Waals surface area contributed by atoms with Crippen molar-refractivity contribution in [1.82, 2.24) is 10.2 Å². The molecule has 0 saturated heterocycles. The SMILES string of the molecule is CC(C)c1cc(C(C)C)c(C(=O)Nc2nnc(NCCC(c3ccccc3)c3ccccc3)s2)c(C(C)C)c1. The minimum absolute atomic E-state index is 0.117. The normalized spacial score (nSPS) is 11.5. The maximum Gasteiger partial charge on any atom is 0.258 e. The maximum atomic E-state index is 13.6. The number of amides is 1. The Bertz CT molecular complexity index is 1290. The van der Waals surface area contributed by atoms with Crippen LogP contribution < -0.4 is 10.6 Å². The van der Waals surface area contributed by atoms with E-state index in [1.807, 2.05) is 12.1 Å². The summed E-state index contributed by atoms with van der Waals surface area (Å²) in [5.74, 6) is 1.03. The minimum Gasteiger partial charge on any atom is -0.360 e. The Morgan fingerprint density at radius 2 is 1.23 bits per heavy atom. The first-order chi connectivity index (χ1) is 18.7. The van der Waals surface area contributed by atoms with E-state index in [2.05, 4.69) is 123 Å². The molecule has 204 valence electrons. The van der Waals surface area contributed by atoms with Gasteiger partial charge in [0.1, 0.15) is 0 Å². The Labute approximate surface area is 237 Å². The fourth-order valence-electron chi connectivity index (χ4n) is 4.94. The summed E-state index contributed by atoms with van der Waals surface area (Å²) in [5.41, 5.74) is 6.78. The molecule has 0 aliphatic carbocycles. The Morgan fingerprint density at radius 1 is 0.718 bits per heavy atom. The molecule has 5 nitrogen and oxygen atoms in total. The van der Waals surface area contributed by atoms with Gasteiger partial charge in [-0.15, -0.1) is 10.2 Å². The molecule has 3 aromatic carbocycles. The zero-order valence-electron chi connectivity index (χ0n) is 23.9. The van der Waals surface area contributed by atoms with Crippen molar-refractivity contribution in [3.63, 3.8) is 0 Å². The Balaban J connectivity index is 1.47. The van der Waals surface area contributed by atoms with Gasteiger partial charge in [-0.25, -0.2) is 0 Å². The van der Waals surface area contributed by atoms with Crippen molar-refractivity contribution < 1.29 is 4.79 Å². The second-order valence-electron chi connectivity index (χ2n) is 11.0. The Hall–Kier alpha value is -3.51. The summed E-state index contributed by atoms with van der Waals surface area (Å²) >= 11 is 1.37. The predicted octanol–water partition coefficient (Wildman–Crippen LogP) is 8.79. The number of aromatic nitrogens is 2. The molecule has 1 heterocycles. The van der Waals surface area contributed by atoms with Crippen molar-refractivity contribution in [3.05, 3.63) is 106 Å². The first-order valence-electron chi connectivity index (χ1n) is 13.9. The Morgan fingerprint density at radius 3 is 1.72 bits per heavy atom. The van der Waals surface area contributed by atoms with Crippen molar-refractivity contribution >= 4 is 27.5 Å². The molecule has 6 heteroatoms. The van der Waals surface area contributed by atoms with Crippen LogP contribution in [0.5, 0.6) is 0 Å². The van der Waals surface area contributed by atoms with E-state index in [0.717, 1.165) is 29.7 Å². The lowest BCUT2D eigenvalue weighted by Crippen LogP contribution is -2.19. The topological polar surface area (TPSA) is 66.9 Å². The van der Waals surface area contributed by atoms with Crippen molar-refractivity contribution in [1.29, 1.82) is 0 Å². The highest BCUT2D eigenvalue weighted by molar-refractivity contribution is 7.19. The summed E-state index contributed by atoms with van der Waals surface area (Å²) in [6.45, 7) is 13.7. The first kappa shape index (κ1) is 28.5. The highest BCUT2D eigenvalue weighted by Gasteiger charge is 2.23. The smallest absolute Gasteiger partial charge is 0.258 e. The van der Waals surface area contributed by atoms with Crippen LogP contribution in [0.15, 0.2) is 72.8 Å². The Kier molecular flexibility index (Phi) is 9.52. The number of rotatable bonds is 11. The average molecular weight is 541 g/mol. The molecule has 0 bridgehead atoms. The van der Waals surface area contributed by atoms with Crippen molar-refractivity contribution in [2.24, 2.45) is 0 Å². The van der Waals surface area contributed by atoms with E-state index in [1.54, 1.807) is 0 Å². The first-order valence-corrected chi connectivity index (χ1v) is 14.7. The van der Waals surface area contributed by atoms with Crippen LogP contribution >= 0.6 is 11.3 Å². The number of hydrogen-bond donors (Lipinski definition) is 2. The summed E-state index contributed by atoms with van der Waals surface area (Å²) in [4.78, 5) is 13.6. The number of carbonyl (C=O) groups is 1.